The number of hydrogen-bond donors (Lipinski definition) is 7. The number of fused-ring (bicyclic) bond motifs is 4. The zero-order chi connectivity index (χ0) is 44.4. The molecule has 0 saturated heterocycles. The van der Waals surface area contributed by atoms with Gasteiger partial charge in [0.2, 0.25) is 0 Å². The van der Waals surface area contributed by atoms with Crippen LogP contribution >= 0.6 is 0 Å². The van der Waals surface area contributed by atoms with Gasteiger partial charge in [0, 0.05) is 70.3 Å². The molecule has 0 radical (unpaired) electrons. The first-order chi connectivity index (χ1) is 29.1. The number of nitrogens with zero attached hydrogens (tertiary/aromatic N) is 1. The predicted molar refractivity (Wildman–Crippen MR) is 232 cm³/mol. The van der Waals surface area contributed by atoms with Gasteiger partial charge in [0.05, 0.1) is 5.60 Å². The molecule has 1 aromatic carbocycles. The average molecular weight is 842 g/mol. The number of carboxylic acids is 1. The second kappa shape index (κ2) is 12.6. The molecule has 0 aromatic heterocycles. The lowest BCUT2D eigenvalue weighted by atomic mass is 9.33. The number of carboxylic acid groups (broad SMARTS) is 1. The number of aryl methyl sites for hydroxylation is 1. The van der Waals surface area contributed by atoms with Crippen molar-refractivity contribution in [2.45, 2.75) is 134 Å². The summed E-state index contributed by atoms with van der Waals surface area (Å²) in [5, 5.41) is 64.3. The Morgan fingerprint density at radius 1 is 0.903 bits per heavy atom. The molecule has 3 saturated carbocycles. The molecular weight excluding hydrogens is 783 g/mol. The van der Waals surface area contributed by atoms with Crippen LogP contribution in [0.1, 0.15) is 110 Å². The molecule has 3 fully saturated rings. The summed E-state index contributed by atoms with van der Waals surface area (Å²) in [5.74, 6) is 3.05. The number of aliphatic hydroxyl groups is 4. The van der Waals surface area contributed by atoms with Crippen molar-refractivity contribution in [2.75, 3.05) is 0 Å². The van der Waals surface area contributed by atoms with Gasteiger partial charge in [0.1, 0.15) is 28.6 Å². The summed E-state index contributed by atoms with van der Waals surface area (Å²) >= 11 is 0. The number of aliphatic hydroxyl groups excluding tert-OH is 1. The topological polar surface area (TPSA) is 217 Å². The fraction of sp³-hybridized carbons (Fsp3) is 0.569. The molecule has 326 valence electrons. The van der Waals surface area contributed by atoms with Gasteiger partial charge in [0.25, 0.3) is 0 Å². The molecule has 0 amide bonds. The first-order valence-corrected chi connectivity index (χ1v) is 22.4. The van der Waals surface area contributed by atoms with Gasteiger partial charge in [-0.1, -0.05) is 81.8 Å². The number of allylic oxidation sites excluding steroid dienone is 2. The quantitative estimate of drug-likeness (QED) is 0.0710. The van der Waals surface area contributed by atoms with Gasteiger partial charge in [-0.3, -0.25) is 9.59 Å². The van der Waals surface area contributed by atoms with Crippen molar-refractivity contribution in [3.8, 4) is 11.8 Å². The second-order valence-corrected chi connectivity index (χ2v) is 21.2. The third kappa shape index (κ3) is 4.48. The van der Waals surface area contributed by atoms with E-state index in [1.54, 1.807) is 25.2 Å². The van der Waals surface area contributed by atoms with Crippen molar-refractivity contribution >= 4 is 29.6 Å². The van der Waals surface area contributed by atoms with E-state index >= 15 is 4.79 Å². The minimum Gasteiger partial charge on any atom is -0.478 e. The van der Waals surface area contributed by atoms with E-state index in [2.05, 4.69) is 42.0 Å². The largest absolute Gasteiger partial charge is 0.478 e. The number of hydrogen-bond acceptors (Lipinski definition) is 8. The van der Waals surface area contributed by atoms with E-state index in [4.69, 9.17) is 11.5 Å². The highest BCUT2D eigenvalue weighted by molar-refractivity contribution is 6.02. The number of aliphatic carboxylic acids is 1. The molecule has 62 heavy (non-hydrogen) atoms. The zero-order valence-electron chi connectivity index (χ0n) is 36.3. The van der Waals surface area contributed by atoms with E-state index in [0.29, 0.717) is 30.4 Å². The highest BCUT2D eigenvalue weighted by Gasteiger charge is 2.85. The lowest BCUT2D eigenvalue weighted by molar-refractivity contribution is -0.200. The number of Topliss-reactive ketones (excluding diaryl/α,β-unsaturated/α-hetero) is 2. The van der Waals surface area contributed by atoms with Crippen LogP contribution in [0.25, 0.3) is 6.08 Å². The lowest BCUT2D eigenvalue weighted by Gasteiger charge is -2.70. The van der Waals surface area contributed by atoms with E-state index in [-0.39, 0.29) is 73.6 Å². The molecule has 0 unspecified atom stereocenters. The lowest BCUT2D eigenvalue weighted by Crippen LogP contribution is -2.74. The van der Waals surface area contributed by atoms with Crippen LogP contribution in [-0.2, 0) is 20.8 Å². The number of rotatable bonds is 3. The van der Waals surface area contributed by atoms with Crippen molar-refractivity contribution in [1.29, 1.82) is 0 Å². The van der Waals surface area contributed by atoms with Gasteiger partial charge in [0.15, 0.2) is 11.7 Å². The molecule has 9 N–H and O–H groups in total. The van der Waals surface area contributed by atoms with Crippen molar-refractivity contribution in [1.82, 2.24) is 0 Å². The summed E-state index contributed by atoms with van der Waals surface area (Å²) in [5.41, 5.74) is 3.44. The first kappa shape index (κ1) is 41.4. The van der Waals surface area contributed by atoms with E-state index in [0.717, 1.165) is 17.6 Å². The molecule has 0 aliphatic heterocycles. The fourth-order valence-corrected chi connectivity index (χ4v) is 16.4. The van der Waals surface area contributed by atoms with Crippen molar-refractivity contribution in [2.24, 2.45) is 61.3 Å². The van der Waals surface area contributed by atoms with E-state index in [9.17, 15) is 35.1 Å². The number of benzene rings is 1. The fourth-order valence-electron chi connectivity index (χ4n) is 16.4. The summed E-state index contributed by atoms with van der Waals surface area (Å²) in [7, 11) is 0. The van der Waals surface area contributed by atoms with Gasteiger partial charge < -0.3 is 37.0 Å². The van der Waals surface area contributed by atoms with Crippen LogP contribution < -0.4 is 11.5 Å². The Bertz CT molecular complexity index is 2550. The molecule has 2 spiro atoms. The minimum atomic E-state index is -2.22. The van der Waals surface area contributed by atoms with Crippen molar-refractivity contribution in [3.05, 3.63) is 87.6 Å². The van der Waals surface area contributed by atoms with Crippen LogP contribution in [0.4, 0.5) is 0 Å². The Kier molecular flexibility index (Phi) is 8.39. The average Bonchev–Trinajstić information content (AvgIpc) is 3.37. The first-order valence-electron chi connectivity index (χ1n) is 22.4. The van der Waals surface area contributed by atoms with Crippen molar-refractivity contribution < 1.29 is 39.9 Å². The molecule has 0 heterocycles. The van der Waals surface area contributed by atoms with E-state index in [1.807, 2.05) is 32.1 Å². The Hall–Kier alpha value is -4.60. The maximum absolute atomic E-state index is 15.9. The standard InChI is InChI=1S/C51H59N3O8/c1-28(41(58)59)33-15-20-47(54-42(52)53)22-21-46(29(2)51(47,62)40(33)57)27-48(60)23-24-49(61)36(32-14-13-30-11-7-8-12-31(30)25-32)38-43(3)17-9-6-10-18-50(48)39(49)37(34(55)26-45(46,50)5)44(38,4)19-16-35(43)56/h7-8,11-12,21-25,29,36,38,40,57,60-62H,10,13-20,26-27H2,1-5H3,(H,58,59)(H4,52,53,54)/b33-28+/t29-,36-,38+,40+,43+,44+,45+,46+,47-,48-,49+,50-,51+/m0/s1. The SMILES string of the molecule is C/C(C(=O)O)=C1/CC[C@]2(N=C(N)N)C=C[C@@]3(C[C@@]4(O)C=C[C@]5(O)C6=C7C(=O)C[C@@]3(C)[C@]64CCC#CC[C@]3(C)C(=O)CC[C@@]7(C)[C@@H]3[C@@H]5C3=Cc4ccccc4CC3)[C@H](C)[C@@]2(O)[C@@H]1O. The molecule has 13 atom stereocenters. The van der Waals surface area contributed by atoms with Gasteiger partial charge in [-0.05, 0) is 91.6 Å². The Labute approximate surface area is 362 Å². The van der Waals surface area contributed by atoms with Crippen LogP contribution in [0.5, 0.6) is 0 Å². The number of carbonyl (C=O) groups excluding carboxylic acids is 2. The summed E-state index contributed by atoms with van der Waals surface area (Å²) < 4.78 is 0. The van der Waals surface area contributed by atoms with Crippen LogP contribution in [0.15, 0.2) is 81.4 Å². The number of carbonyl (C=O) groups is 3. The van der Waals surface area contributed by atoms with Gasteiger partial charge >= 0.3 is 5.97 Å². The minimum absolute atomic E-state index is 0.000784. The Morgan fingerprint density at radius 2 is 1.65 bits per heavy atom. The van der Waals surface area contributed by atoms with Gasteiger partial charge in [-0.15, -0.1) is 11.8 Å². The number of nitrogens with two attached hydrogens (primary N) is 2. The molecule has 9 aliphatic rings. The smallest absolute Gasteiger partial charge is 0.331 e. The molecule has 11 heteroatoms. The van der Waals surface area contributed by atoms with Gasteiger partial charge in [-0.2, -0.15) is 0 Å². The maximum Gasteiger partial charge on any atom is 0.331 e. The summed E-state index contributed by atoms with van der Waals surface area (Å²) in [4.78, 5) is 47.5. The van der Waals surface area contributed by atoms with Crippen LogP contribution in [-0.4, -0.2) is 77.5 Å². The molecule has 4 bridgehead atoms. The number of aliphatic imine (C=N–C) groups is 1. The monoisotopic (exact) mass is 841 g/mol. The number of ketones is 2. The zero-order valence-corrected chi connectivity index (χ0v) is 36.3. The second-order valence-electron chi connectivity index (χ2n) is 21.2. The molecule has 1 aromatic rings. The maximum atomic E-state index is 15.9. The van der Waals surface area contributed by atoms with Crippen LogP contribution in [0.3, 0.4) is 0 Å². The summed E-state index contributed by atoms with van der Waals surface area (Å²) in [6.07, 6.45) is 10.6. The predicted octanol–water partition coefficient (Wildman–Crippen LogP) is 5.01. The number of guanidine groups is 1. The van der Waals surface area contributed by atoms with Gasteiger partial charge in [-0.25, -0.2) is 9.79 Å². The van der Waals surface area contributed by atoms with Crippen LogP contribution in [0.2, 0.25) is 0 Å². The van der Waals surface area contributed by atoms with E-state index < -0.39 is 79.2 Å². The molecule has 9 aliphatic carbocycles. The summed E-state index contributed by atoms with van der Waals surface area (Å²) in [6, 6.07) is 8.23. The Morgan fingerprint density at radius 3 is 2.37 bits per heavy atom. The van der Waals surface area contributed by atoms with Crippen molar-refractivity contribution in [3.63, 3.8) is 0 Å². The normalized spacial score (nSPS) is 47.7. The Balaban J connectivity index is 1.29. The molecule has 11 nitrogen and oxygen atoms in total. The summed E-state index contributed by atoms with van der Waals surface area (Å²) in [6.45, 7) is 9.31. The third-order valence-corrected chi connectivity index (χ3v) is 19.1. The highest BCUT2D eigenvalue weighted by Crippen LogP contribution is 2.84. The third-order valence-electron chi connectivity index (χ3n) is 19.1. The molecular formula is C51H59N3O8. The highest BCUT2D eigenvalue weighted by atomic mass is 16.4. The molecule has 10 rings (SSSR count). The van der Waals surface area contributed by atoms with E-state index in [1.165, 1.54) is 12.5 Å². The van der Waals surface area contributed by atoms with Crippen LogP contribution in [0, 0.1) is 56.7 Å².